The van der Waals surface area contributed by atoms with Gasteiger partial charge in [0.15, 0.2) is 5.65 Å². The van der Waals surface area contributed by atoms with E-state index in [0.29, 0.717) is 29.0 Å². The fourth-order valence-corrected chi connectivity index (χ4v) is 3.61. The van der Waals surface area contributed by atoms with E-state index >= 15 is 0 Å². The molecule has 0 fully saturated rings. The zero-order valence-electron chi connectivity index (χ0n) is 15.4. The lowest BCUT2D eigenvalue weighted by Gasteiger charge is -2.10. The van der Waals surface area contributed by atoms with E-state index in [9.17, 15) is 8.78 Å². The molecule has 2 heterocycles. The smallest absolute Gasteiger partial charge is 0.247 e. The summed E-state index contributed by atoms with van der Waals surface area (Å²) in [5, 5.41) is 7.03. The third kappa shape index (κ3) is 3.07. The summed E-state index contributed by atoms with van der Waals surface area (Å²) in [6, 6.07) is 15.3. The lowest BCUT2D eigenvalue weighted by atomic mass is 10.00. The number of benzene rings is 2. The molecule has 0 spiro atoms. The summed E-state index contributed by atoms with van der Waals surface area (Å²) in [4.78, 5) is 4.78. The van der Waals surface area contributed by atoms with E-state index < -0.39 is 6.43 Å². The Morgan fingerprint density at radius 3 is 2.63 bits per heavy atom. The molecule has 4 aromatic rings. The van der Waals surface area contributed by atoms with Gasteiger partial charge in [-0.2, -0.15) is 5.10 Å². The van der Waals surface area contributed by atoms with Crippen LogP contribution in [-0.4, -0.2) is 14.8 Å². The van der Waals surface area contributed by atoms with Gasteiger partial charge in [0.05, 0.1) is 16.8 Å². The number of hydrogen-bond acceptors (Lipinski definition) is 2. The Kier molecular flexibility index (Phi) is 4.60. The second kappa shape index (κ2) is 7.06. The number of rotatable bonds is 5. The van der Waals surface area contributed by atoms with Crippen molar-refractivity contribution in [3.63, 3.8) is 0 Å². The molecule has 0 amide bonds. The maximum absolute atomic E-state index is 13.9. The number of fused-ring (bicyclic) bond motifs is 2. The standard InChI is InChI=1S/C22H21F2N3/c1-3-4-12-27-22-20(14(2)26-27)18(21(23)24)13-19(25-22)17-11-7-9-15-8-5-6-10-16(15)17/h5-11,13,21H,3-4,12H2,1-2H3. The number of unbranched alkanes of at least 4 members (excludes halogenated alkanes) is 1. The molecule has 0 unspecified atom stereocenters. The van der Waals surface area contributed by atoms with Crippen LogP contribution in [0.5, 0.6) is 0 Å². The van der Waals surface area contributed by atoms with Gasteiger partial charge in [0.25, 0.3) is 6.43 Å². The monoisotopic (exact) mass is 365 g/mol. The minimum Gasteiger partial charge on any atom is -0.247 e. The summed E-state index contributed by atoms with van der Waals surface area (Å²) >= 11 is 0. The average molecular weight is 365 g/mol. The molecule has 0 aliphatic carbocycles. The van der Waals surface area contributed by atoms with E-state index in [2.05, 4.69) is 12.0 Å². The van der Waals surface area contributed by atoms with Gasteiger partial charge in [-0.25, -0.2) is 18.4 Å². The average Bonchev–Trinajstić information content (AvgIpc) is 3.00. The molecular weight excluding hydrogens is 344 g/mol. The van der Waals surface area contributed by atoms with Crippen molar-refractivity contribution >= 4 is 21.8 Å². The lowest BCUT2D eigenvalue weighted by Crippen LogP contribution is -2.02. The highest BCUT2D eigenvalue weighted by Crippen LogP contribution is 2.35. The Morgan fingerprint density at radius 2 is 1.85 bits per heavy atom. The summed E-state index contributed by atoms with van der Waals surface area (Å²) in [5.74, 6) is 0. The summed E-state index contributed by atoms with van der Waals surface area (Å²) in [7, 11) is 0. The number of hydrogen-bond donors (Lipinski definition) is 0. The molecule has 0 atom stereocenters. The quantitative estimate of drug-likeness (QED) is 0.416. The van der Waals surface area contributed by atoms with Gasteiger partial charge in [0.2, 0.25) is 0 Å². The van der Waals surface area contributed by atoms with Crippen LogP contribution in [0.15, 0.2) is 48.5 Å². The van der Waals surface area contributed by atoms with Crippen molar-refractivity contribution in [3.8, 4) is 11.3 Å². The fourth-order valence-electron chi connectivity index (χ4n) is 3.61. The Bertz CT molecular complexity index is 1110. The number of aryl methyl sites for hydroxylation is 2. The van der Waals surface area contributed by atoms with Gasteiger partial charge in [-0.15, -0.1) is 0 Å². The first-order valence-electron chi connectivity index (χ1n) is 9.24. The molecular formula is C22H21F2N3. The summed E-state index contributed by atoms with van der Waals surface area (Å²) < 4.78 is 29.5. The maximum atomic E-state index is 13.9. The fraction of sp³-hybridized carbons (Fsp3) is 0.273. The van der Waals surface area contributed by atoms with Crippen molar-refractivity contribution in [1.82, 2.24) is 14.8 Å². The molecule has 0 bridgehead atoms. The molecule has 0 aliphatic rings. The normalized spacial score (nSPS) is 11.7. The predicted octanol–water partition coefficient (Wildman–Crippen LogP) is 6.30. The molecule has 0 aliphatic heterocycles. The van der Waals surface area contributed by atoms with Gasteiger partial charge in [0.1, 0.15) is 0 Å². The highest BCUT2D eigenvalue weighted by molar-refractivity contribution is 5.97. The Balaban J connectivity index is 2.01. The Labute approximate surface area is 156 Å². The number of pyridine rings is 1. The van der Waals surface area contributed by atoms with Gasteiger partial charge in [-0.1, -0.05) is 55.8 Å². The molecule has 0 radical (unpaired) electrons. The van der Waals surface area contributed by atoms with E-state index in [1.807, 2.05) is 42.5 Å². The topological polar surface area (TPSA) is 30.7 Å². The van der Waals surface area contributed by atoms with Crippen molar-refractivity contribution in [2.75, 3.05) is 0 Å². The van der Waals surface area contributed by atoms with Crippen LogP contribution in [0, 0.1) is 6.92 Å². The summed E-state index contributed by atoms with van der Waals surface area (Å²) in [6.07, 6.45) is -0.641. The van der Waals surface area contributed by atoms with Crippen molar-refractivity contribution in [3.05, 3.63) is 59.8 Å². The van der Waals surface area contributed by atoms with E-state index in [4.69, 9.17) is 4.98 Å². The predicted molar refractivity (Wildman–Crippen MR) is 105 cm³/mol. The van der Waals surface area contributed by atoms with Crippen LogP contribution in [0.3, 0.4) is 0 Å². The SMILES string of the molecule is CCCCn1nc(C)c2c(C(F)F)cc(-c3cccc4ccccc34)nc21. The van der Waals surface area contributed by atoms with Crippen LogP contribution in [0.25, 0.3) is 33.1 Å². The molecule has 138 valence electrons. The number of alkyl halides is 2. The maximum Gasteiger partial charge on any atom is 0.264 e. The molecule has 2 aromatic heterocycles. The molecule has 3 nitrogen and oxygen atoms in total. The van der Waals surface area contributed by atoms with Gasteiger partial charge < -0.3 is 0 Å². The first-order chi connectivity index (χ1) is 13.1. The first kappa shape index (κ1) is 17.6. The van der Waals surface area contributed by atoms with Crippen molar-refractivity contribution in [1.29, 1.82) is 0 Å². The third-order valence-electron chi connectivity index (χ3n) is 4.93. The highest BCUT2D eigenvalue weighted by atomic mass is 19.3. The minimum absolute atomic E-state index is 0.00295. The van der Waals surface area contributed by atoms with Crippen LogP contribution in [0.1, 0.15) is 37.4 Å². The van der Waals surface area contributed by atoms with Crippen molar-refractivity contribution < 1.29 is 8.78 Å². The minimum atomic E-state index is -2.58. The highest BCUT2D eigenvalue weighted by Gasteiger charge is 2.21. The van der Waals surface area contributed by atoms with Gasteiger partial charge in [-0.05, 0) is 30.2 Å². The second-order valence-corrected chi connectivity index (χ2v) is 6.78. The number of halogens is 2. The van der Waals surface area contributed by atoms with Gasteiger partial charge in [0, 0.05) is 17.7 Å². The van der Waals surface area contributed by atoms with Crippen LogP contribution in [-0.2, 0) is 6.54 Å². The molecule has 5 heteroatoms. The Morgan fingerprint density at radius 1 is 1.07 bits per heavy atom. The van der Waals surface area contributed by atoms with Crippen LogP contribution >= 0.6 is 0 Å². The Hall–Kier alpha value is -2.82. The van der Waals surface area contributed by atoms with E-state index in [1.54, 1.807) is 11.6 Å². The summed E-state index contributed by atoms with van der Waals surface area (Å²) in [6.45, 7) is 4.55. The number of nitrogens with zero attached hydrogens (tertiary/aromatic N) is 3. The lowest BCUT2D eigenvalue weighted by molar-refractivity contribution is 0.153. The third-order valence-corrected chi connectivity index (χ3v) is 4.93. The van der Waals surface area contributed by atoms with Crippen LogP contribution in [0.4, 0.5) is 8.78 Å². The zero-order chi connectivity index (χ0) is 19.0. The largest absolute Gasteiger partial charge is 0.264 e. The number of aromatic nitrogens is 3. The first-order valence-corrected chi connectivity index (χ1v) is 9.24. The van der Waals surface area contributed by atoms with Crippen molar-refractivity contribution in [2.24, 2.45) is 0 Å². The zero-order valence-corrected chi connectivity index (χ0v) is 15.4. The van der Waals surface area contributed by atoms with Crippen molar-refractivity contribution in [2.45, 2.75) is 39.7 Å². The molecule has 27 heavy (non-hydrogen) atoms. The van der Waals surface area contributed by atoms with Gasteiger partial charge >= 0.3 is 0 Å². The van der Waals surface area contributed by atoms with Gasteiger partial charge in [-0.3, -0.25) is 0 Å². The van der Waals surface area contributed by atoms with E-state index in [1.165, 1.54) is 6.07 Å². The van der Waals surface area contributed by atoms with E-state index in [-0.39, 0.29) is 5.56 Å². The van der Waals surface area contributed by atoms with E-state index in [0.717, 1.165) is 29.2 Å². The summed E-state index contributed by atoms with van der Waals surface area (Å²) in [5.41, 5.74) is 2.57. The molecule has 0 N–H and O–H groups in total. The molecule has 0 saturated heterocycles. The van der Waals surface area contributed by atoms with Crippen LogP contribution < -0.4 is 0 Å². The van der Waals surface area contributed by atoms with Crippen LogP contribution in [0.2, 0.25) is 0 Å². The molecule has 4 rings (SSSR count). The molecule has 0 saturated carbocycles. The molecule has 2 aromatic carbocycles. The second-order valence-electron chi connectivity index (χ2n) is 6.78.